The molecule has 0 saturated carbocycles. The Bertz CT molecular complexity index is 1150. The Labute approximate surface area is 189 Å². The van der Waals surface area contributed by atoms with Crippen LogP contribution in [0.1, 0.15) is 20.3 Å². The highest BCUT2D eigenvalue weighted by Gasteiger charge is 2.15. The first kappa shape index (κ1) is 21.6. The number of hydroxylamine groups is 2. The summed E-state index contributed by atoms with van der Waals surface area (Å²) in [7, 11) is 0. The van der Waals surface area contributed by atoms with Crippen LogP contribution >= 0.6 is 0 Å². The molecular formula is C28H28N2O2. The summed E-state index contributed by atoms with van der Waals surface area (Å²) in [6.07, 6.45) is 2.37. The molecule has 1 aliphatic rings. The normalized spacial score (nSPS) is 13.5. The molecule has 4 aromatic rings. The van der Waals surface area contributed by atoms with Gasteiger partial charge >= 0.3 is 0 Å². The number of nitrogens with zero attached hydrogens (tertiary/aromatic N) is 2. The fraction of sp³-hybridized carbons (Fsp3) is 0.179. The summed E-state index contributed by atoms with van der Waals surface area (Å²) in [5, 5.41) is 11.7. The third kappa shape index (κ3) is 4.66. The second-order valence-corrected chi connectivity index (χ2v) is 7.76. The second kappa shape index (κ2) is 9.67. The van der Waals surface area contributed by atoms with E-state index in [1.807, 2.05) is 53.6 Å². The maximum Gasteiger partial charge on any atom is 0.147 e. The summed E-state index contributed by atoms with van der Waals surface area (Å²) in [4.78, 5) is 11.0. The highest BCUT2D eigenvalue weighted by molar-refractivity contribution is 5.83. The largest absolute Gasteiger partial charge is 0.508 e. The van der Waals surface area contributed by atoms with Crippen molar-refractivity contribution < 1.29 is 9.94 Å². The SMILES string of the molecule is C.Oc1ccc(-c2ccc(-c3ccccc3)nc2-c2ccc(ON3CCCC3)cc2)cc1. The molecule has 5 rings (SSSR count). The third-order valence-corrected chi connectivity index (χ3v) is 5.57. The molecule has 0 unspecified atom stereocenters. The van der Waals surface area contributed by atoms with E-state index in [1.54, 1.807) is 12.1 Å². The Hall–Kier alpha value is -3.63. The van der Waals surface area contributed by atoms with E-state index < -0.39 is 0 Å². The summed E-state index contributed by atoms with van der Waals surface area (Å²) < 4.78 is 0. The lowest BCUT2D eigenvalue weighted by molar-refractivity contribution is -0.0346. The van der Waals surface area contributed by atoms with Gasteiger partial charge in [-0.15, -0.1) is 5.06 Å². The topological polar surface area (TPSA) is 45.6 Å². The van der Waals surface area contributed by atoms with Gasteiger partial charge < -0.3 is 9.94 Å². The van der Waals surface area contributed by atoms with E-state index in [4.69, 9.17) is 9.82 Å². The Morgan fingerprint density at radius 3 is 2.03 bits per heavy atom. The summed E-state index contributed by atoms with van der Waals surface area (Å²) in [6.45, 7) is 1.96. The number of rotatable bonds is 5. The number of benzene rings is 3. The van der Waals surface area contributed by atoms with E-state index >= 15 is 0 Å². The number of phenolic OH excluding ortho intramolecular Hbond substituents is 1. The van der Waals surface area contributed by atoms with Crippen LogP contribution < -0.4 is 4.84 Å². The maximum absolute atomic E-state index is 9.70. The molecule has 2 heterocycles. The first-order chi connectivity index (χ1) is 15.3. The van der Waals surface area contributed by atoms with E-state index in [9.17, 15) is 5.11 Å². The number of pyridine rings is 1. The van der Waals surface area contributed by atoms with Gasteiger partial charge in [0.2, 0.25) is 0 Å². The molecular weight excluding hydrogens is 396 g/mol. The molecule has 0 aliphatic carbocycles. The predicted molar refractivity (Wildman–Crippen MR) is 130 cm³/mol. The van der Waals surface area contributed by atoms with Crippen molar-refractivity contribution in [3.63, 3.8) is 0 Å². The first-order valence-electron chi connectivity index (χ1n) is 10.7. The highest BCUT2D eigenvalue weighted by atomic mass is 16.7. The Morgan fingerprint density at radius 2 is 1.34 bits per heavy atom. The van der Waals surface area contributed by atoms with Crippen LogP contribution in [0.5, 0.6) is 11.5 Å². The first-order valence-corrected chi connectivity index (χ1v) is 10.7. The molecule has 1 saturated heterocycles. The Morgan fingerprint density at radius 1 is 0.688 bits per heavy atom. The van der Waals surface area contributed by atoms with Crippen molar-refractivity contribution in [2.75, 3.05) is 13.1 Å². The van der Waals surface area contributed by atoms with Crippen molar-refractivity contribution >= 4 is 0 Å². The smallest absolute Gasteiger partial charge is 0.147 e. The summed E-state index contributed by atoms with van der Waals surface area (Å²) in [5.41, 5.74) is 5.96. The third-order valence-electron chi connectivity index (χ3n) is 5.57. The minimum absolute atomic E-state index is 0. The number of aromatic hydroxyl groups is 1. The molecule has 0 atom stereocenters. The van der Waals surface area contributed by atoms with Crippen molar-refractivity contribution in [1.82, 2.24) is 10.0 Å². The lowest BCUT2D eigenvalue weighted by Gasteiger charge is -2.16. The molecule has 0 radical (unpaired) electrons. The van der Waals surface area contributed by atoms with E-state index in [-0.39, 0.29) is 13.2 Å². The zero-order valence-corrected chi connectivity index (χ0v) is 17.2. The van der Waals surface area contributed by atoms with Gasteiger partial charge in [0.05, 0.1) is 11.4 Å². The molecule has 0 spiro atoms. The van der Waals surface area contributed by atoms with Crippen LogP contribution in [0.25, 0.3) is 33.6 Å². The second-order valence-electron chi connectivity index (χ2n) is 7.76. The lowest BCUT2D eigenvalue weighted by atomic mass is 9.97. The van der Waals surface area contributed by atoms with Crippen LogP contribution in [0.15, 0.2) is 91.0 Å². The highest BCUT2D eigenvalue weighted by Crippen LogP contribution is 2.34. The van der Waals surface area contributed by atoms with Gasteiger partial charge in [0.15, 0.2) is 0 Å². The van der Waals surface area contributed by atoms with Gasteiger partial charge in [-0.25, -0.2) is 4.98 Å². The number of hydrogen-bond donors (Lipinski definition) is 1. The molecule has 0 bridgehead atoms. The van der Waals surface area contributed by atoms with E-state index in [2.05, 4.69) is 30.3 Å². The molecule has 162 valence electrons. The van der Waals surface area contributed by atoms with Crippen LogP contribution in [-0.2, 0) is 0 Å². The molecule has 3 aromatic carbocycles. The lowest BCUT2D eigenvalue weighted by Crippen LogP contribution is -2.23. The molecule has 1 fully saturated rings. The Balaban J connectivity index is 0.00000245. The minimum Gasteiger partial charge on any atom is -0.508 e. The van der Waals surface area contributed by atoms with Crippen molar-refractivity contribution in [1.29, 1.82) is 0 Å². The summed E-state index contributed by atoms with van der Waals surface area (Å²) in [5.74, 6) is 1.10. The molecule has 4 heteroatoms. The molecule has 4 nitrogen and oxygen atoms in total. The van der Waals surface area contributed by atoms with Gasteiger partial charge in [-0.3, -0.25) is 0 Å². The summed E-state index contributed by atoms with van der Waals surface area (Å²) >= 11 is 0. The number of phenols is 1. The number of hydrogen-bond acceptors (Lipinski definition) is 4. The van der Waals surface area contributed by atoms with Crippen molar-refractivity contribution in [3.05, 3.63) is 91.0 Å². The van der Waals surface area contributed by atoms with Gasteiger partial charge in [-0.05, 0) is 60.9 Å². The summed E-state index contributed by atoms with van der Waals surface area (Å²) in [6, 6.07) is 29.7. The molecule has 0 amide bonds. The van der Waals surface area contributed by atoms with Gasteiger partial charge in [0.25, 0.3) is 0 Å². The fourth-order valence-electron chi connectivity index (χ4n) is 3.92. The van der Waals surface area contributed by atoms with Gasteiger partial charge in [-0.1, -0.05) is 56.0 Å². The Kier molecular flexibility index (Phi) is 6.52. The van der Waals surface area contributed by atoms with Crippen molar-refractivity contribution in [2.24, 2.45) is 0 Å². The van der Waals surface area contributed by atoms with Crippen molar-refractivity contribution in [3.8, 4) is 45.1 Å². The van der Waals surface area contributed by atoms with Crippen LogP contribution in [0.2, 0.25) is 0 Å². The maximum atomic E-state index is 9.70. The van der Waals surface area contributed by atoms with Gasteiger partial charge in [0.1, 0.15) is 11.5 Å². The fourth-order valence-corrected chi connectivity index (χ4v) is 3.92. The number of aromatic nitrogens is 1. The monoisotopic (exact) mass is 424 g/mol. The predicted octanol–water partition coefficient (Wildman–Crippen LogP) is 6.81. The average Bonchev–Trinajstić information content (AvgIpc) is 3.34. The van der Waals surface area contributed by atoms with Crippen LogP contribution in [0.3, 0.4) is 0 Å². The zero-order chi connectivity index (χ0) is 21.0. The minimum atomic E-state index is 0. The molecule has 1 aliphatic heterocycles. The molecule has 1 N–H and O–H groups in total. The van der Waals surface area contributed by atoms with Crippen molar-refractivity contribution in [2.45, 2.75) is 20.3 Å². The quantitative estimate of drug-likeness (QED) is 0.382. The van der Waals surface area contributed by atoms with Crippen LogP contribution in [0, 0.1) is 0 Å². The van der Waals surface area contributed by atoms with E-state index in [1.165, 1.54) is 12.8 Å². The van der Waals surface area contributed by atoms with Gasteiger partial charge in [-0.2, -0.15) is 0 Å². The van der Waals surface area contributed by atoms with Gasteiger partial charge in [0, 0.05) is 29.8 Å². The van der Waals surface area contributed by atoms with E-state index in [0.717, 1.165) is 52.5 Å². The van der Waals surface area contributed by atoms with Crippen LogP contribution in [0.4, 0.5) is 0 Å². The standard InChI is InChI=1S/C27H24N2O2.CH4/c30-23-12-8-20(9-13-23)25-16-17-26(21-6-2-1-3-7-21)28-27(25)22-10-14-24(15-11-22)31-29-18-4-5-19-29;/h1-3,6-17,30H,4-5,18-19H2;1H4. The van der Waals surface area contributed by atoms with E-state index in [0.29, 0.717) is 0 Å². The molecule has 32 heavy (non-hydrogen) atoms. The van der Waals surface area contributed by atoms with Crippen LogP contribution in [-0.4, -0.2) is 28.2 Å². The molecule has 1 aromatic heterocycles. The average molecular weight is 425 g/mol. The zero-order valence-electron chi connectivity index (χ0n) is 17.2.